The zero-order chi connectivity index (χ0) is 19.9. The van der Waals surface area contributed by atoms with E-state index in [1.165, 1.54) is 18.2 Å². The number of amides is 3. The Hall–Kier alpha value is -3.19. The van der Waals surface area contributed by atoms with Crippen molar-refractivity contribution in [2.45, 2.75) is 0 Å². The van der Waals surface area contributed by atoms with Gasteiger partial charge in [-0.2, -0.15) is 0 Å². The fourth-order valence-electron chi connectivity index (χ4n) is 2.52. The van der Waals surface area contributed by atoms with Crippen molar-refractivity contribution in [3.63, 3.8) is 0 Å². The first-order valence-corrected chi connectivity index (χ1v) is 9.37. The number of nitrogens with zero attached hydrogens (tertiary/aromatic N) is 1. The molecule has 0 saturated carbocycles. The minimum absolute atomic E-state index is 0.0656. The van der Waals surface area contributed by atoms with Gasteiger partial charge in [-0.25, -0.2) is 4.39 Å². The van der Waals surface area contributed by atoms with Gasteiger partial charge in [-0.15, -0.1) is 0 Å². The summed E-state index contributed by atoms with van der Waals surface area (Å²) in [4.78, 5) is 37.8. The van der Waals surface area contributed by atoms with Crippen molar-refractivity contribution in [2.24, 2.45) is 0 Å². The molecule has 142 valence electrons. The van der Waals surface area contributed by atoms with Gasteiger partial charge in [0.25, 0.3) is 11.1 Å². The number of carbonyl (C=O) groups is 3. The Balaban J connectivity index is 1.52. The third kappa shape index (κ3) is 4.95. The number of hydrogen-bond donors (Lipinski definition) is 1. The second-order valence-electron chi connectivity index (χ2n) is 5.89. The largest absolute Gasteiger partial charge is 0.351 e. The van der Waals surface area contributed by atoms with E-state index < -0.39 is 11.7 Å². The number of halogens is 1. The Labute approximate surface area is 165 Å². The molecule has 1 aliphatic rings. The molecule has 0 aliphatic carbocycles. The molecule has 5 nitrogen and oxygen atoms in total. The highest BCUT2D eigenvalue weighted by Gasteiger charge is 2.34. The minimum atomic E-state index is -0.435. The van der Waals surface area contributed by atoms with Crippen LogP contribution < -0.4 is 5.32 Å². The molecule has 1 saturated heterocycles. The second-order valence-corrected chi connectivity index (χ2v) is 6.88. The number of imide groups is 1. The first kappa shape index (κ1) is 19.6. The van der Waals surface area contributed by atoms with E-state index in [0.29, 0.717) is 10.5 Å². The van der Waals surface area contributed by atoms with Gasteiger partial charge in [-0.1, -0.05) is 48.5 Å². The summed E-state index contributed by atoms with van der Waals surface area (Å²) < 4.78 is 13.5. The summed E-state index contributed by atoms with van der Waals surface area (Å²) in [5.74, 6) is -1.24. The van der Waals surface area contributed by atoms with E-state index >= 15 is 0 Å². The summed E-state index contributed by atoms with van der Waals surface area (Å²) >= 11 is 0.875. The van der Waals surface area contributed by atoms with Crippen LogP contribution in [0.3, 0.4) is 0 Å². The van der Waals surface area contributed by atoms with E-state index in [1.807, 2.05) is 30.3 Å². The monoisotopic (exact) mass is 396 g/mol. The molecule has 1 aliphatic heterocycles. The van der Waals surface area contributed by atoms with Crippen molar-refractivity contribution in [3.05, 3.63) is 82.5 Å². The smallest absolute Gasteiger partial charge is 0.293 e. The topological polar surface area (TPSA) is 66.5 Å². The van der Waals surface area contributed by atoms with Crippen molar-refractivity contribution in [1.29, 1.82) is 0 Å². The molecule has 2 aromatic rings. The quantitative estimate of drug-likeness (QED) is 0.757. The molecule has 0 aromatic heterocycles. The number of rotatable bonds is 6. The van der Waals surface area contributed by atoms with Crippen LogP contribution in [0.1, 0.15) is 11.1 Å². The van der Waals surface area contributed by atoms with Crippen molar-refractivity contribution in [1.82, 2.24) is 10.2 Å². The molecule has 0 bridgehead atoms. The Kier molecular flexibility index (Phi) is 6.39. The lowest BCUT2D eigenvalue weighted by atomic mass is 10.2. The molecule has 1 N–H and O–H groups in total. The Morgan fingerprint density at radius 3 is 2.54 bits per heavy atom. The van der Waals surface area contributed by atoms with Gasteiger partial charge in [0.15, 0.2) is 0 Å². The van der Waals surface area contributed by atoms with Crippen LogP contribution in [0.15, 0.2) is 65.6 Å². The normalized spacial score (nSPS) is 15.6. The predicted octanol–water partition coefficient (Wildman–Crippen LogP) is 3.69. The first-order chi connectivity index (χ1) is 13.5. The van der Waals surface area contributed by atoms with Crippen LogP contribution >= 0.6 is 11.8 Å². The van der Waals surface area contributed by atoms with Gasteiger partial charge in [0.1, 0.15) is 5.82 Å². The van der Waals surface area contributed by atoms with E-state index in [0.717, 1.165) is 22.2 Å². The lowest BCUT2D eigenvalue weighted by Crippen LogP contribution is -2.36. The molecule has 0 unspecified atom stereocenters. The van der Waals surface area contributed by atoms with Crippen molar-refractivity contribution < 1.29 is 18.8 Å². The highest BCUT2D eigenvalue weighted by Crippen LogP contribution is 2.31. The molecule has 0 atom stereocenters. The van der Waals surface area contributed by atoms with E-state index in [9.17, 15) is 18.8 Å². The van der Waals surface area contributed by atoms with Crippen LogP contribution in [-0.2, 0) is 9.59 Å². The zero-order valence-electron chi connectivity index (χ0n) is 14.8. The second kappa shape index (κ2) is 9.14. The lowest BCUT2D eigenvalue weighted by Gasteiger charge is -2.12. The third-order valence-electron chi connectivity index (χ3n) is 3.93. The van der Waals surface area contributed by atoms with Crippen molar-refractivity contribution in [2.75, 3.05) is 13.1 Å². The van der Waals surface area contributed by atoms with Gasteiger partial charge in [-0.3, -0.25) is 19.3 Å². The van der Waals surface area contributed by atoms with Crippen LogP contribution in [0.5, 0.6) is 0 Å². The summed E-state index contributed by atoms with van der Waals surface area (Å²) in [6.07, 6.45) is 4.25. The van der Waals surface area contributed by atoms with E-state index in [-0.39, 0.29) is 24.2 Å². The average molecular weight is 396 g/mol. The molecule has 3 amide bonds. The molecule has 3 rings (SSSR count). The molecule has 2 aromatic carbocycles. The maximum atomic E-state index is 13.5. The number of nitrogens with one attached hydrogen (secondary N) is 1. The molecule has 0 radical (unpaired) electrons. The van der Waals surface area contributed by atoms with Gasteiger partial charge in [0.2, 0.25) is 5.91 Å². The van der Waals surface area contributed by atoms with E-state index in [4.69, 9.17) is 0 Å². The molecule has 0 spiro atoms. The highest BCUT2D eigenvalue weighted by molar-refractivity contribution is 8.18. The molecule has 7 heteroatoms. The number of hydrogen-bond acceptors (Lipinski definition) is 4. The van der Waals surface area contributed by atoms with Crippen LogP contribution in [0.4, 0.5) is 9.18 Å². The molecule has 1 fully saturated rings. The van der Waals surface area contributed by atoms with Gasteiger partial charge < -0.3 is 5.32 Å². The van der Waals surface area contributed by atoms with Gasteiger partial charge >= 0.3 is 0 Å². The van der Waals surface area contributed by atoms with Crippen molar-refractivity contribution >= 4 is 41.0 Å². The molecule has 28 heavy (non-hydrogen) atoms. The SMILES string of the molecule is O=C(C=Cc1ccccc1F)NCCN1C(=O)SC(=Cc2ccccc2)C1=O. The number of benzene rings is 2. The zero-order valence-corrected chi connectivity index (χ0v) is 15.6. The summed E-state index contributed by atoms with van der Waals surface area (Å²) in [5, 5.41) is 2.21. The van der Waals surface area contributed by atoms with Gasteiger partial charge in [0, 0.05) is 24.7 Å². The van der Waals surface area contributed by atoms with Crippen LogP contribution in [0.25, 0.3) is 12.2 Å². The van der Waals surface area contributed by atoms with Crippen LogP contribution in [-0.4, -0.2) is 35.0 Å². The van der Waals surface area contributed by atoms with E-state index in [1.54, 1.807) is 24.3 Å². The van der Waals surface area contributed by atoms with Crippen LogP contribution in [0.2, 0.25) is 0 Å². The maximum Gasteiger partial charge on any atom is 0.293 e. The standard InChI is InChI=1S/C21H17FN2O3S/c22-17-9-5-4-8-16(17)10-11-19(25)23-12-13-24-20(26)18(28-21(24)27)14-15-6-2-1-3-7-15/h1-11,14H,12-13H2,(H,23,25). The Morgan fingerprint density at radius 2 is 1.79 bits per heavy atom. The summed E-state index contributed by atoms with van der Waals surface area (Å²) in [6.45, 7) is 0.174. The fraction of sp³-hybridized carbons (Fsp3) is 0.0952. The minimum Gasteiger partial charge on any atom is -0.351 e. The Bertz CT molecular complexity index is 957. The van der Waals surface area contributed by atoms with Crippen molar-refractivity contribution in [3.8, 4) is 0 Å². The lowest BCUT2D eigenvalue weighted by molar-refractivity contribution is -0.123. The van der Waals surface area contributed by atoms with Gasteiger partial charge in [0.05, 0.1) is 4.91 Å². The average Bonchev–Trinajstić information content (AvgIpc) is 2.95. The van der Waals surface area contributed by atoms with Gasteiger partial charge in [-0.05, 0) is 35.5 Å². The summed E-state index contributed by atoms with van der Waals surface area (Å²) in [5.41, 5.74) is 1.13. The Morgan fingerprint density at radius 1 is 1.07 bits per heavy atom. The summed E-state index contributed by atoms with van der Waals surface area (Å²) in [7, 11) is 0. The third-order valence-corrected chi connectivity index (χ3v) is 4.83. The predicted molar refractivity (Wildman–Crippen MR) is 108 cm³/mol. The highest BCUT2D eigenvalue weighted by atomic mass is 32.2. The fourth-order valence-corrected chi connectivity index (χ4v) is 3.38. The van der Waals surface area contributed by atoms with Crippen LogP contribution in [0, 0.1) is 5.82 Å². The maximum absolute atomic E-state index is 13.5. The molecular formula is C21H17FN2O3S. The first-order valence-electron chi connectivity index (χ1n) is 8.55. The molecular weight excluding hydrogens is 379 g/mol. The summed E-state index contributed by atoms with van der Waals surface area (Å²) in [6, 6.07) is 15.3. The molecule has 1 heterocycles. The van der Waals surface area contributed by atoms with E-state index in [2.05, 4.69) is 5.32 Å². The number of thioether (sulfide) groups is 1. The number of carbonyl (C=O) groups excluding carboxylic acids is 3.